The van der Waals surface area contributed by atoms with Crippen LogP contribution in [0.1, 0.15) is 20.3 Å². The van der Waals surface area contributed by atoms with Crippen LogP contribution in [0, 0.1) is 0 Å². The third-order valence-corrected chi connectivity index (χ3v) is 4.82. The Morgan fingerprint density at radius 3 is 2.20 bits per heavy atom. The molecule has 1 saturated heterocycles. The number of carbonyl (C=O) groups is 2. The first-order valence-electron chi connectivity index (χ1n) is 6.69. The Balaban J connectivity index is 2.49. The number of sulfonamides is 1. The molecular formula is C12H23N3O4S. The molecular weight excluding hydrogens is 282 g/mol. The lowest BCUT2D eigenvalue weighted by Crippen LogP contribution is -2.49. The van der Waals surface area contributed by atoms with E-state index in [0.29, 0.717) is 26.2 Å². The molecule has 0 N–H and O–H groups in total. The fourth-order valence-corrected chi connectivity index (χ4v) is 3.44. The van der Waals surface area contributed by atoms with Crippen molar-refractivity contribution in [1.82, 2.24) is 14.1 Å². The Bertz CT molecular complexity index is 442. The Labute approximate surface area is 120 Å². The lowest BCUT2D eigenvalue weighted by Gasteiger charge is -2.33. The Morgan fingerprint density at radius 1 is 1.25 bits per heavy atom. The normalized spacial score (nSPS) is 16.9. The van der Waals surface area contributed by atoms with Crippen LogP contribution in [0.3, 0.4) is 0 Å². The minimum Gasteiger partial charge on any atom is -0.342 e. The highest BCUT2D eigenvalue weighted by Crippen LogP contribution is 2.08. The fourth-order valence-electron chi connectivity index (χ4n) is 2.25. The molecule has 0 unspecified atom stereocenters. The summed E-state index contributed by atoms with van der Waals surface area (Å²) in [6.07, 6.45) is 2.11. The molecule has 0 atom stereocenters. The predicted octanol–water partition coefficient (Wildman–Crippen LogP) is -0.653. The van der Waals surface area contributed by atoms with E-state index in [0.717, 1.165) is 12.7 Å². The van der Waals surface area contributed by atoms with Crippen LogP contribution >= 0.6 is 0 Å². The average Bonchev–Trinajstić information content (AvgIpc) is 2.36. The topological polar surface area (TPSA) is 78.0 Å². The van der Waals surface area contributed by atoms with Crippen LogP contribution in [0.2, 0.25) is 0 Å². The first kappa shape index (κ1) is 16.9. The van der Waals surface area contributed by atoms with Crippen molar-refractivity contribution in [2.75, 3.05) is 39.0 Å². The van der Waals surface area contributed by atoms with E-state index in [1.807, 2.05) is 0 Å². The maximum absolute atomic E-state index is 12.0. The lowest BCUT2D eigenvalue weighted by atomic mass is 10.2. The van der Waals surface area contributed by atoms with Crippen LogP contribution in [-0.2, 0) is 19.6 Å². The first-order chi connectivity index (χ1) is 9.25. The summed E-state index contributed by atoms with van der Waals surface area (Å²) in [6.45, 7) is 5.87. The number of hydrogen-bond acceptors (Lipinski definition) is 4. The molecule has 116 valence electrons. The maximum atomic E-state index is 12.0. The fraction of sp³-hybridized carbons (Fsp3) is 0.833. The van der Waals surface area contributed by atoms with Gasteiger partial charge in [0, 0.05) is 45.2 Å². The standard InChI is InChI=1S/C12H23N3O4S/c1-11(2)15(20(3,18)19)5-4-12(17)14-8-6-13(10-16)7-9-14/h10-11H,4-9H2,1-3H3. The van der Waals surface area contributed by atoms with E-state index in [2.05, 4.69) is 0 Å². The molecule has 0 aromatic rings. The van der Waals surface area contributed by atoms with Gasteiger partial charge in [-0.1, -0.05) is 0 Å². The molecule has 2 amide bonds. The molecule has 7 nitrogen and oxygen atoms in total. The van der Waals surface area contributed by atoms with Crippen molar-refractivity contribution in [3.63, 3.8) is 0 Å². The lowest BCUT2D eigenvalue weighted by molar-refractivity contribution is -0.135. The molecule has 1 aliphatic heterocycles. The van der Waals surface area contributed by atoms with Crippen molar-refractivity contribution < 1.29 is 18.0 Å². The molecule has 0 aliphatic carbocycles. The van der Waals surface area contributed by atoms with Gasteiger partial charge in [0.15, 0.2) is 0 Å². The second-order valence-electron chi connectivity index (χ2n) is 5.24. The SMILES string of the molecule is CC(C)N(CCC(=O)N1CCN(C=O)CC1)S(C)(=O)=O. The van der Waals surface area contributed by atoms with Crippen LogP contribution < -0.4 is 0 Å². The maximum Gasteiger partial charge on any atom is 0.224 e. The second kappa shape index (κ2) is 7.03. The third kappa shape index (κ3) is 4.75. The minimum absolute atomic E-state index is 0.0650. The minimum atomic E-state index is -3.30. The number of rotatable bonds is 6. The molecule has 8 heteroatoms. The van der Waals surface area contributed by atoms with Crippen molar-refractivity contribution in [3.8, 4) is 0 Å². The zero-order valence-corrected chi connectivity index (χ0v) is 13.1. The molecule has 0 aromatic heterocycles. The van der Waals surface area contributed by atoms with Crippen LogP contribution in [0.5, 0.6) is 0 Å². The van der Waals surface area contributed by atoms with Gasteiger partial charge in [-0.2, -0.15) is 4.31 Å². The molecule has 20 heavy (non-hydrogen) atoms. The van der Waals surface area contributed by atoms with Gasteiger partial charge < -0.3 is 9.80 Å². The van der Waals surface area contributed by atoms with Crippen LogP contribution in [-0.4, -0.2) is 79.9 Å². The third-order valence-electron chi connectivity index (χ3n) is 3.36. The monoisotopic (exact) mass is 305 g/mol. The Morgan fingerprint density at radius 2 is 1.80 bits per heavy atom. The highest BCUT2D eigenvalue weighted by atomic mass is 32.2. The van der Waals surface area contributed by atoms with Gasteiger partial charge in [-0.3, -0.25) is 9.59 Å². The van der Waals surface area contributed by atoms with Gasteiger partial charge in [-0.05, 0) is 13.8 Å². The van der Waals surface area contributed by atoms with Crippen molar-refractivity contribution in [1.29, 1.82) is 0 Å². The van der Waals surface area contributed by atoms with Gasteiger partial charge in [0.25, 0.3) is 0 Å². The number of hydrogen-bond donors (Lipinski definition) is 0. The van der Waals surface area contributed by atoms with E-state index in [1.54, 1.807) is 23.6 Å². The molecule has 1 rings (SSSR count). The summed E-state index contributed by atoms with van der Waals surface area (Å²) in [4.78, 5) is 25.9. The van der Waals surface area contributed by atoms with Crippen LogP contribution in [0.4, 0.5) is 0 Å². The molecule has 1 aliphatic rings. The quantitative estimate of drug-likeness (QED) is 0.611. The summed E-state index contributed by atoms with van der Waals surface area (Å²) < 4.78 is 24.5. The second-order valence-corrected chi connectivity index (χ2v) is 7.17. The smallest absolute Gasteiger partial charge is 0.224 e. The summed E-state index contributed by atoms with van der Waals surface area (Å²) in [5.74, 6) is -0.0650. The molecule has 1 fully saturated rings. The summed E-state index contributed by atoms with van der Waals surface area (Å²) in [5.41, 5.74) is 0. The molecule has 1 heterocycles. The summed E-state index contributed by atoms with van der Waals surface area (Å²) in [5, 5.41) is 0. The average molecular weight is 305 g/mol. The van der Waals surface area contributed by atoms with Gasteiger partial charge in [0.1, 0.15) is 0 Å². The first-order valence-corrected chi connectivity index (χ1v) is 8.54. The summed E-state index contributed by atoms with van der Waals surface area (Å²) >= 11 is 0. The zero-order chi connectivity index (χ0) is 15.3. The van der Waals surface area contributed by atoms with Crippen molar-refractivity contribution in [2.45, 2.75) is 26.3 Å². The Kier molecular flexibility index (Phi) is 5.94. The zero-order valence-electron chi connectivity index (χ0n) is 12.3. The van der Waals surface area contributed by atoms with Gasteiger partial charge in [-0.25, -0.2) is 8.42 Å². The molecule has 0 saturated carbocycles. The molecule has 0 spiro atoms. The largest absolute Gasteiger partial charge is 0.342 e. The van der Waals surface area contributed by atoms with Crippen LogP contribution in [0.25, 0.3) is 0 Å². The highest BCUT2D eigenvalue weighted by Gasteiger charge is 2.24. The van der Waals surface area contributed by atoms with E-state index in [9.17, 15) is 18.0 Å². The predicted molar refractivity (Wildman–Crippen MR) is 75.5 cm³/mol. The highest BCUT2D eigenvalue weighted by molar-refractivity contribution is 7.88. The van der Waals surface area contributed by atoms with E-state index in [4.69, 9.17) is 0 Å². The van der Waals surface area contributed by atoms with E-state index >= 15 is 0 Å². The summed E-state index contributed by atoms with van der Waals surface area (Å²) in [6, 6.07) is -0.162. The van der Waals surface area contributed by atoms with Gasteiger partial charge in [-0.15, -0.1) is 0 Å². The number of nitrogens with zero attached hydrogens (tertiary/aromatic N) is 3. The molecule has 0 radical (unpaired) electrons. The molecule has 0 aromatic carbocycles. The van der Waals surface area contributed by atoms with Crippen molar-refractivity contribution >= 4 is 22.3 Å². The van der Waals surface area contributed by atoms with Crippen LogP contribution in [0.15, 0.2) is 0 Å². The van der Waals surface area contributed by atoms with Crippen molar-refractivity contribution in [3.05, 3.63) is 0 Å². The van der Waals surface area contributed by atoms with E-state index < -0.39 is 10.0 Å². The summed E-state index contributed by atoms with van der Waals surface area (Å²) in [7, 11) is -3.30. The van der Waals surface area contributed by atoms with Gasteiger partial charge in [0.05, 0.1) is 6.26 Å². The Hall–Kier alpha value is -1.15. The van der Waals surface area contributed by atoms with E-state index in [1.165, 1.54) is 4.31 Å². The van der Waals surface area contributed by atoms with E-state index in [-0.39, 0.29) is 24.9 Å². The van der Waals surface area contributed by atoms with Gasteiger partial charge >= 0.3 is 0 Å². The number of carbonyl (C=O) groups excluding carboxylic acids is 2. The number of amides is 2. The number of piperazine rings is 1. The van der Waals surface area contributed by atoms with Crippen molar-refractivity contribution in [2.24, 2.45) is 0 Å². The van der Waals surface area contributed by atoms with Gasteiger partial charge in [0.2, 0.25) is 22.3 Å². The molecule has 0 bridgehead atoms.